The van der Waals surface area contributed by atoms with Crippen LogP contribution in [0.1, 0.15) is 33.3 Å². The highest BCUT2D eigenvalue weighted by molar-refractivity contribution is 6.31. The number of hydrogen-bond donors (Lipinski definition) is 0. The average Bonchev–Trinajstić information content (AvgIpc) is 3.37. The molecule has 0 atom stereocenters. The van der Waals surface area contributed by atoms with Crippen molar-refractivity contribution < 1.29 is 14.3 Å². The van der Waals surface area contributed by atoms with Gasteiger partial charge in [0.2, 0.25) is 0 Å². The molecule has 0 saturated carbocycles. The van der Waals surface area contributed by atoms with Gasteiger partial charge in [-0.1, -0.05) is 71.4 Å². The monoisotopic (exact) mass is 496 g/mol. The molecular weight excluding hydrogens is 476 g/mol. The lowest BCUT2D eigenvalue weighted by Crippen LogP contribution is -2.15. The van der Waals surface area contributed by atoms with Crippen LogP contribution in [-0.4, -0.2) is 38.8 Å². The standard InChI is InChI=1S/C28H21ClN4O3/c1-2-36-28(35)27-25(16-33-15-24(31-32-33)19-10-8-18(17-34)9-11-19)30-23-13-12-21(29)14-22(23)26(27)20-6-4-3-5-7-20/h3-15,17H,2,16H2,1H3. The van der Waals surface area contributed by atoms with Crippen molar-refractivity contribution in [2.24, 2.45) is 0 Å². The number of ether oxygens (including phenoxy) is 1. The predicted octanol–water partition coefficient (Wildman–Crippen LogP) is 5.85. The van der Waals surface area contributed by atoms with Crippen molar-refractivity contribution in [3.63, 3.8) is 0 Å². The number of aldehydes is 1. The summed E-state index contributed by atoms with van der Waals surface area (Å²) in [5, 5.41) is 9.83. The Balaban J connectivity index is 1.65. The van der Waals surface area contributed by atoms with Crippen molar-refractivity contribution in [3.8, 4) is 22.4 Å². The molecule has 0 aliphatic heterocycles. The topological polar surface area (TPSA) is 87.0 Å². The number of pyridine rings is 1. The lowest BCUT2D eigenvalue weighted by atomic mass is 9.94. The summed E-state index contributed by atoms with van der Waals surface area (Å²) in [4.78, 5) is 29.1. The van der Waals surface area contributed by atoms with Crippen molar-refractivity contribution in [2.75, 3.05) is 6.61 Å². The molecule has 2 aromatic heterocycles. The maximum Gasteiger partial charge on any atom is 0.340 e. The largest absolute Gasteiger partial charge is 0.462 e. The summed E-state index contributed by atoms with van der Waals surface area (Å²) >= 11 is 6.34. The van der Waals surface area contributed by atoms with E-state index in [1.54, 1.807) is 36.0 Å². The molecule has 8 heteroatoms. The van der Waals surface area contributed by atoms with Crippen LogP contribution in [0.25, 0.3) is 33.3 Å². The molecule has 2 heterocycles. The first kappa shape index (κ1) is 23.4. The Kier molecular flexibility index (Phi) is 6.56. The summed E-state index contributed by atoms with van der Waals surface area (Å²) in [5.41, 5.74) is 5.18. The Labute approximate surface area is 212 Å². The van der Waals surface area contributed by atoms with E-state index >= 15 is 0 Å². The molecule has 0 radical (unpaired) electrons. The van der Waals surface area contributed by atoms with Crippen LogP contribution in [0.15, 0.2) is 79.0 Å². The Morgan fingerprint density at radius 1 is 1.03 bits per heavy atom. The minimum Gasteiger partial charge on any atom is -0.462 e. The van der Waals surface area contributed by atoms with E-state index in [0.717, 1.165) is 22.8 Å². The molecule has 0 unspecified atom stereocenters. The highest BCUT2D eigenvalue weighted by Gasteiger charge is 2.24. The van der Waals surface area contributed by atoms with Gasteiger partial charge in [-0.15, -0.1) is 5.10 Å². The van der Waals surface area contributed by atoms with Gasteiger partial charge >= 0.3 is 5.97 Å². The number of aromatic nitrogens is 4. The normalized spacial score (nSPS) is 10.9. The first-order valence-corrected chi connectivity index (χ1v) is 11.8. The lowest BCUT2D eigenvalue weighted by Gasteiger charge is -2.17. The van der Waals surface area contributed by atoms with Gasteiger partial charge in [-0.05, 0) is 30.7 Å². The number of fused-ring (bicyclic) bond motifs is 1. The van der Waals surface area contributed by atoms with E-state index in [9.17, 15) is 9.59 Å². The van der Waals surface area contributed by atoms with Gasteiger partial charge in [-0.3, -0.25) is 4.79 Å². The second-order valence-corrected chi connectivity index (χ2v) is 8.53. The number of hydrogen-bond acceptors (Lipinski definition) is 6. The molecule has 178 valence electrons. The molecule has 0 amide bonds. The fourth-order valence-corrected chi connectivity index (χ4v) is 4.29. The lowest BCUT2D eigenvalue weighted by molar-refractivity contribution is 0.0525. The number of nitrogens with zero attached hydrogens (tertiary/aromatic N) is 4. The highest BCUT2D eigenvalue weighted by atomic mass is 35.5. The van der Waals surface area contributed by atoms with Crippen LogP contribution in [0, 0.1) is 0 Å². The summed E-state index contributed by atoms with van der Waals surface area (Å²) in [7, 11) is 0. The molecule has 0 saturated heterocycles. The smallest absolute Gasteiger partial charge is 0.340 e. The van der Waals surface area contributed by atoms with E-state index in [2.05, 4.69) is 10.3 Å². The average molecular weight is 497 g/mol. The van der Waals surface area contributed by atoms with Gasteiger partial charge in [0.05, 0.1) is 36.1 Å². The van der Waals surface area contributed by atoms with E-state index < -0.39 is 5.97 Å². The van der Waals surface area contributed by atoms with Crippen LogP contribution in [0.4, 0.5) is 0 Å². The minimum absolute atomic E-state index is 0.200. The third-order valence-electron chi connectivity index (χ3n) is 5.76. The second kappa shape index (κ2) is 10.1. The molecule has 0 bridgehead atoms. The Bertz CT molecular complexity index is 1560. The molecule has 0 N–H and O–H groups in total. The van der Waals surface area contributed by atoms with E-state index in [0.29, 0.717) is 38.6 Å². The summed E-state index contributed by atoms with van der Waals surface area (Å²) < 4.78 is 7.09. The van der Waals surface area contributed by atoms with Gasteiger partial charge in [-0.2, -0.15) is 0 Å². The molecule has 36 heavy (non-hydrogen) atoms. The fourth-order valence-electron chi connectivity index (χ4n) is 4.12. The van der Waals surface area contributed by atoms with Crippen LogP contribution >= 0.6 is 11.6 Å². The number of esters is 1. The zero-order chi connectivity index (χ0) is 25.1. The van der Waals surface area contributed by atoms with Gasteiger partial charge in [0, 0.05) is 27.1 Å². The number of rotatable bonds is 7. The van der Waals surface area contributed by atoms with Crippen LogP contribution in [0.2, 0.25) is 5.02 Å². The Morgan fingerprint density at radius 3 is 2.53 bits per heavy atom. The second-order valence-electron chi connectivity index (χ2n) is 8.10. The molecule has 7 nitrogen and oxygen atoms in total. The van der Waals surface area contributed by atoms with Crippen molar-refractivity contribution in [3.05, 3.63) is 101 Å². The molecular formula is C28H21ClN4O3. The number of carbonyl (C=O) groups excluding carboxylic acids is 2. The summed E-state index contributed by atoms with van der Waals surface area (Å²) in [6, 6.07) is 22.1. The van der Waals surface area contributed by atoms with Crippen molar-refractivity contribution in [1.82, 2.24) is 20.0 Å². The zero-order valence-electron chi connectivity index (χ0n) is 19.4. The molecule has 0 aliphatic rings. The van der Waals surface area contributed by atoms with Gasteiger partial charge in [-0.25, -0.2) is 14.5 Å². The molecule has 5 rings (SSSR count). The van der Waals surface area contributed by atoms with Crippen molar-refractivity contribution in [2.45, 2.75) is 13.5 Å². The predicted molar refractivity (Wildman–Crippen MR) is 138 cm³/mol. The maximum atomic E-state index is 13.3. The molecule has 5 aromatic rings. The Hall–Kier alpha value is -4.36. The van der Waals surface area contributed by atoms with Gasteiger partial charge in [0.15, 0.2) is 0 Å². The van der Waals surface area contributed by atoms with Crippen LogP contribution in [0.5, 0.6) is 0 Å². The molecule has 3 aromatic carbocycles. The summed E-state index contributed by atoms with van der Waals surface area (Å²) in [6.45, 7) is 2.20. The first-order valence-electron chi connectivity index (χ1n) is 11.4. The van der Waals surface area contributed by atoms with Crippen LogP contribution < -0.4 is 0 Å². The number of carbonyl (C=O) groups is 2. The van der Waals surface area contributed by atoms with E-state index in [1.807, 2.05) is 54.6 Å². The van der Waals surface area contributed by atoms with Crippen molar-refractivity contribution >= 4 is 34.8 Å². The molecule has 0 aliphatic carbocycles. The maximum absolute atomic E-state index is 13.3. The van der Waals surface area contributed by atoms with E-state index in [1.165, 1.54) is 0 Å². The SMILES string of the molecule is CCOC(=O)c1c(Cn2cc(-c3ccc(C=O)cc3)nn2)nc2ccc(Cl)cc2c1-c1ccccc1. The summed E-state index contributed by atoms with van der Waals surface area (Å²) in [6.07, 6.45) is 2.57. The minimum atomic E-state index is -0.467. The third kappa shape index (κ3) is 4.61. The molecule has 0 fully saturated rings. The van der Waals surface area contributed by atoms with Gasteiger partial charge in [0.25, 0.3) is 0 Å². The van der Waals surface area contributed by atoms with Gasteiger partial charge in [0.1, 0.15) is 12.0 Å². The van der Waals surface area contributed by atoms with E-state index in [4.69, 9.17) is 21.3 Å². The zero-order valence-corrected chi connectivity index (χ0v) is 20.1. The highest BCUT2D eigenvalue weighted by Crippen LogP contribution is 2.35. The fraction of sp³-hybridized carbons (Fsp3) is 0.107. The van der Waals surface area contributed by atoms with Crippen LogP contribution in [0.3, 0.4) is 0 Å². The van der Waals surface area contributed by atoms with Crippen molar-refractivity contribution in [1.29, 1.82) is 0 Å². The first-order chi connectivity index (χ1) is 17.6. The van der Waals surface area contributed by atoms with Gasteiger partial charge < -0.3 is 4.74 Å². The Morgan fingerprint density at radius 2 is 1.81 bits per heavy atom. The molecule has 0 spiro atoms. The quantitative estimate of drug-likeness (QED) is 0.207. The van der Waals surface area contributed by atoms with Crippen LogP contribution in [-0.2, 0) is 11.3 Å². The number of benzene rings is 3. The third-order valence-corrected chi connectivity index (χ3v) is 5.99. The number of halogens is 1. The van der Waals surface area contributed by atoms with E-state index in [-0.39, 0.29) is 13.2 Å². The summed E-state index contributed by atoms with van der Waals surface area (Å²) in [5.74, 6) is -0.467.